The maximum Gasteiger partial charge on any atom is 0.421 e. The topological polar surface area (TPSA) is 94.3 Å². The fourth-order valence-corrected chi connectivity index (χ4v) is 3.65. The van der Waals surface area contributed by atoms with Crippen molar-refractivity contribution in [2.45, 2.75) is 18.6 Å². The van der Waals surface area contributed by atoms with Crippen LogP contribution in [-0.2, 0) is 11.0 Å². The van der Waals surface area contributed by atoms with Gasteiger partial charge in [-0.2, -0.15) is 18.2 Å². The van der Waals surface area contributed by atoms with Crippen molar-refractivity contribution in [3.63, 3.8) is 0 Å². The van der Waals surface area contributed by atoms with Crippen molar-refractivity contribution in [1.29, 1.82) is 0 Å². The van der Waals surface area contributed by atoms with Crippen LogP contribution in [0.1, 0.15) is 23.6 Å². The van der Waals surface area contributed by atoms with E-state index in [-0.39, 0.29) is 16.7 Å². The highest BCUT2D eigenvalue weighted by Crippen LogP contribution is 2.37. The maximum absolute atomic E-state index is 14.5. The lowest BCUT2D eigenvalue weighted by atomic mass is 10.0. The number of carboxylic acid groups (broad SMARTS) is 1. The zero-order valence-electron chi connectivity index (χ0n) is 17.8. The summed E-state index contributed by atoms with van der Waals surface area (Å²) in [5.41, 5.74) is -2.89. The first-order chi connectivity index (χ1) is 17.0. The minimum atomic E-state index is -4.78. The van der Waals surface area contributed by atoms with Crippen LogP contribution in [0, 0.1) is 17.5 Å². The summed E-state index contributed by atoms with van der Waals surface area (Å²) in [6, 6.07) is 4.34. The van der Waals surface area contributed by atoms with Crippen LogP contribution in [0.4, 0.5) is 26.3 Å². The Labute approximate surface area is 197 Å². The third kappa shape index (κ3) is 4.85. The fraction of sp³-hybridized carbons (Fsp3) is 0.130. The molecule has 36 heavy (non-hydrogen) atoms. The van der Waals surface area contributed by atoms with Crippen LogP contribution in [0.2, 0.25) is 0 Å². The van der Waals surface area contributed by atoms with Gasteiger partial charge in [0.05, 0.1) is 29.7 Å². The molecule has 0 radical (unpaired) electrons. The lowest BCUT2D eigenvalue weighted by Gasteiger charge is -2.22. The van der Waals surface area contributed by atoms with Crippen LogP contribution in [-0.4, -0.2) is 25.6 Å². The number of rotatable bonds is 6. The normalized spacial score (nSPS) is 12.5. The van der Waals surface area contributed by atoms with Crippen molar-refractivity contribution in [3.8, 4) is 11.6 Å². The summed E-state index contributed by atoms with van der Waals surface area (Å²) in [4.78, 5) is 31.1. The number of pyridine rings is 1. The minimum absolute atomic E-state index is 0.0613. The number of alkyl halides is 3. The van der Waals surface area contributed by atoms with Crippen LogP contribution in [0.15, 0.2) is 59.8 Å². The van der Waals surface area contributed by atoms with E-state index >= 15 is 0 Å². The third-order valence-corrected chi connectivity index (χ3v) is 5.15. The van der Waals surface area contributed by atoms with Gasteiger partial charge in [0, 0.05) is 23.9 Å². The van der Waals surface area contributed by atoms with E-state index in [1.165, 1.54) is 6.07 Å². The smallest absolute Gasteiger partial charge is 0.421 e. The number of aromatic nitrogens is 3. The molecule has 4 rings (SSSR count). The van der Waals surface area contributed by atoms with Gasteiger partial charge in [-0.1, -0.05) is 0 Å². The average Bonchev–Trinajstić information content (AvgIpc) is 2.78. The van der Waals surface area contributed by atoms with Crippen molar-refractivity contribution in [3.05, 3.63) is 93.9 Å². The van der Waals surface area contributed by atoms with E-state index in [1.807, 2.05) is 0 Å². The van der Waals surface area contributed by atoms with Gasteiger partial charge in [-0.25, -0.2) is 18.2 Å². The van der Waals surface area contributed by atoms with Gasteiger partial charge in [0.2, 0.25) is 5.88 Å². The van der Waals surface area contributed by atoms with Crippen LogP contribution >= 0.6 is 0 Å². The molecule has 4 aromatic rings. The molecule has 1 N–H and O–H groups in total. The molecule has 0 bridgehead atoms. The first-order valence-electron chi connectivity index (χ1n) is 10.0. The molecule has 0 amide bonds. The number of aliphatic carboxylic acids is 1. The van der Waals surface area contributed by atoms with E-state index in [1.54, 1.807) is 0 Å². The molecule has 2 aromatic carbocycles. The number of halogens is 6. The molecule has 186 valence electrons. The lowest BCUT2D eigenvalue weighted by Crippen LogP contribution is -2.22. The van der Waals surface area contributed by atoms with E-state index in [9.17, 15) is 41.0 Å². The lowest BCUT2D eigenvalue weighted by molar-refractivity contribution is -0.139. The molecule has 0 aliphatic rings. The van der Waals surface area contributed by atoms with Crippen molar-refractivity contribution >= 4 is 16.9 Å². The number of carboxylic acids is 1. The van der Waals surface area contributed by atoms with Crippen molar-refractivity contribution in [2.75, 3.05) is 0 Å². The van der Waals surface area contributed by atoms with E-state index in [2.05, 4.69) is 9.97 Å². The molecule has 2 heterocycles. The Kier molecular flexibility index (Phi) is 6.39. The summed E-state index contributed by atoms with van der Waals surface area (Å²) in [6.45, 7) is 0. The average molecular weight is 509 g/mol. The minimum Gasteiger partial charge on any atom is -0.481 e. The predicted molar refractivity (Wildman–Crippen MR) is 112 cm³/mol. The van der Waals surface area contributed by atoms with Gasteiger partial charge < -0.3 is 14.4 Å². The molecule has 7 nitrogen and oxygen atoms in total. The third-order valence-electron chi connectivity index (χ3n) is 5.15. The number of ether oxygens (including phenoxy) is 1. The zero-order valence-corrected chi connectivity index (χ0v) is 17.8. The number of nitrogens with zero attached hydrogens (tertiary/aromatic N) is 3. The molecule has 0 saturated heterocycles. The Bertz CT molecular complexity index is 1510. The van der Waals surface area contributed by atoms with Gasteiger partial charge in [0.15, 0.2) is 0 Å². The van der Waals surface area contributed by atoms with Gasteiger partial charge in [-0.3, -0.25) is 9.59 Å². The highest BCUT2D eigenvalue weighted by Gasteiger charge is 2.35. The molecule has 2 aromatic heterocycles. The van der Waals surface area contributed by atoms with Gasteiger partial charge in [0.25, 0.3) is 5.56 Å². The fourth-order valence-electron chi connectivity index (χ4n) is 3.65. The highest BCUT2D eigenvalue weighted by molar-refractivity contribution is 5.80. The van der Waals surface area contributed by atoms with E-state index < -0.39 is 64.6 Å². The van der Waals surface area contributed by atoms with Gasteiger partial charge in [-0.05, 0) is 30.3 Å². The molecular formula is C23H13F6N3O4. The number of carbonyl (C=O) groups is 1. The second-order valence-corrected chi connectivity index (χ2v) is 7.49. The Hall–Kier alpha value is -4.42. The molecule has 0 aliphatic carbocycles. The van der Waals surface area contributed by atoms with Crippen molar-refractivity contribution in [1.82, 2.24) is 14.5 Å². The summed E-state index contributed by atoms with van der Waals surface area (Å²) in [5.74, 6) is -6.43. The monoisotopic (exact) mass is 509 g/mol. The SMILES string of the molecule is O=C(O)C[C@H](c1c(F)cc(F)cc1F)n1cnc(=O)c2cc(Oc3ncccc3C(F)(F)F)ccc21. The quantitative estimate of drug-likeness (QED) is 0.364. The van der Waals surface area contributed by atoms with Gasteiger partial charge >= 0.3 is 12.1 Å². The number of hydrogen-bond acceptors (Lipinski definition) is 5. The van der Waals surface area contributed by atoms with E-state index in [0.29, 0.717) is 12.1 Å². The zero-order chi connectivity index (χ0) is 26.2. The van der Waals surface area contributed by atoms with E-state index in [4.69, 9.17) is 4.74 Å². The largest absolute Gasteiger partial charge is 0.481 e. The van der Waals surface area contributed by atoms with Crippen molar-refractivity contribution in [2.24, 2.45) is 0 Å². The number of hydrogen-bond donors (Lipinski definition) is 1. The maximum atomic E-state index is 14.5. The summed E-state index contributed by atoms with van der Waals surface area (Å²) < 4.78 is 88.5. The predicted octanol–water partition coefficient (Wildman–Crippen LogP) is 5.08. The van der Waals surface area contributed by atoms with Crippen LogP contribution in [0.3, 0.4) is 0 Å². The van der Waals surface area contributed by atoms with Crippen LogP contribution < -0.4 is 10.3 Å². The Morgan fingerprint density at radius 3 is 2.39 bits per heavy atom. The molecular weight excluding hydrogens is 496 g/mol. The van der Waals surface area contributed by atoms with Crippen LogP contribution in [0.5, 0.6) is 11.6 Å². The van der Waals surface area contributed by atoms with Gasteiger partial charge in [-0.15, -0.1) is 0 Å². The van der Waals surface area contributed by atoms with Gasteiger partial charge in [0.1, 0.15) is 28.8 Å². The molecule has 0 saturated carbocycles. The van der Waals surface area contributed by atoms with E-state index in [0.717, 1.165) is 41.4 Å². The molecule has 1 atom stereocenters. The first kappa shape index (κ1) is 24.7. The molecule has 0 spiro atoms. The second-order valence-electron chi connectivity index (χ2n) is 7.49. The molecule has 13 heteroatoms. The second kappa shape index (κ2) is 9.32. The summed E-state index contributed by atoms with van der Waals surface area (Å²) >= 11 is 0. The summed E-state index contributed by atoms with van der Waals surface area (Å²) in [5, 5.41) is 9.08. The summed E-state index contributed by atoms with van der Waals surface area (Å²) in [6.07, 6.45) is -3.72. The number of benzene rings is 2. The standard InChI is InChI=1S/C23H13F6N3O4/c24-11-6-15(25)20(16(26)7-11)18(9-19(33)34)32-10-31-21(35)13-8-12(3-4-17(13)32)36-22-14(23(27,28)29)2-1-5-30-22/h1-8,10,18H,9H2,(H,33,34)/t18-/m1/s1. The first-order valence-corrected chi connectivity index (χ1v) is 10.0. The van der Waals surface area contributed by atoms with Crippen LogP contribution in [0.25, 0.3) is 10.9 Å². The highest BCUT2D eigenvalue weighted by atomic mass is 19.4. The molecule has 0 unspecified atom stereocenters. The number of fused-ring (bicyclic) bond motifs is 1. The molecule has 0 aliphatic heterocycles. The Morgan fingerprint density at radius 2 is 1.75 bits per heavy atom. The Balaban J connectivity index is 1.85. The Morgan fingerprint density at radius 1 is 1.06 bits per heavy atom. The van der Waals surface area contributed by atoms with Crippen molar-refractivity contribution < 1.29 is 41.0 Å². The summed E-state index contributed by atoms with van der Waals surface area (Å²) in [7, 11) is 0. The molecule has 0 fully saturated rings.